The van der Waals surface area contributed by atoms with E-state index in [1.807, 2.05) is 12.3 Å². The average Bonchev–Trinajstić information content (AvgIpc) is 3.24. The molecule has 3 aromatic rings. The lowest BCUT2D eigenvalue weighted by atomic mass is 9.99. The van der Waals surface area contributed by atoms with Crippen molar-refractivity contribution >= 4 is 22.3 Å². The first-order chi connectivity index (χ1) is 16.4. The van der Waals surface area contributed by atoms with Crippen molar-refractivity contribution in [2.45, 2.75) is 32.2 Å². The summed E-state index contributed by atoms with van der Waals surface area (Å²) in [6.07, 6.45) is 7.28. The van der Waals surface area contributed by atoms with Crippen LogP contribution >= 0.6 is 0 Å². The maximum Gasteiger partial charge on any atom is 0.171 e. The third-order valence-corrected chi connectivity index (χ3v) is 6.17. The van der Waals surface area contributed by atoms with Crippen LogP contribution in [0.25, 0.3) is 16.6 Å². The molecule has 0 aliphatic carbocycles. The summed E-state index contributed by atoms with van der Waals surface area (Å²) >= 11 is 0. The van der Waals surface area contributed by atoms with Gasteiger partial charge in [-0.2, -0.15) is 0 Å². The number of piperidine rings is 1. The molecule has 1 aromatic carbocycles. The van der Waals surface area contributed by atoms with Crippen molar-refractivity contribution in [3.8, 4) is 11.5 Å². The number of benzene rings is 1. The Balaban J connectivity index is 1.70. The number of nitrogens with one attached hydrogen (secondary N) is 4. The minimum absolute atomic E-state index is 0.0215. The minimum Gasteiger partial charge on any atom is -0.494 e. The molecule has 1 aliphatic rings. The zero-order valence-electron chi connectivity index (χ0n) is 19.5. The van der Waals surface area contributed by atoms with Crippen molar-refractivity contribution in [2.24, 2.45) is 0 Å². The van der Waals surface area contributed by atoms with Crippen LogP contribution in [0.2, 0.25) is 0 Å². The highest BCUT2D eigenvalue weighted by molar-refractivity contribution is 6.21. The normalized spacial score (nSPS) is 14.9. The quantitative estimate of drug-likeness (QED) is 0.372. The summed E-state index contributed by atoms with van der Waals surface area (Å²) in [6.45, 7) is 3.66. The molecule has 7 nitrogen and oxygen atoms in total. The Bertz CT molecular complexity index is 1200. The van der Waals surface area contributed by atoms with Crippen LogP contribution < -0.4 is 20.1 Å². The number of nitrogens with zero attached hydrogens (tertiary/aromatic N) is 1. The summed E-state index contributed by atoms with van der Waals surface area (Å²) in [5, 5.41) is 15.8. The largest absolute Gasteiger partial charge is 0.494 e. The van der Waals surface area contributed by atoms with Gasteiger partial charge in [0.2, 0.25) is 0 Å². The van der Waals surface area contributed by atoms with E-state index in [4.69, 9.17) is 14.9 Å². The highest BCUT2D eigenvalue weighted by Crippen LogP contribution is 2.34. The summed E-state index contributed by atoms with van der Waals surface area (Å²) in [7, 11) is 2.65. The van der Waals surface area contributed by atoms with Gasteiger partial charge in [0, 0.05) is 64.9 Å². The van der Waals surface area contributed by atoms with Crippen molar-refractivity contribution in [3.05, 3.63) is 59.1 Å². The van der Waals surface area contributed by atoms with Crippen LogP contribution in [0, 0.1) is 17.0 Å². The molecule has 0 spiro atoms. The number of H-pyrrole nitrogens is 1. The first-order valence-electron chi connectivity index (χ1n) is 11.2. The second-order valence-electron chi connectivity index (χ2n) is 8.37. The van der Waals surface area contributed by atoms with Crippen molar-refractivity contribution in [2.75, 3.05) is 27.3 Å². The van der Waals surface area contributed by atoms with Crippen molar-refractivity contribution in [1.29, 1.82) is 5.41 Å². The van der Waals surface area contributed by atoms with E-state index in [-0.39, 0.29) is 23.5 Å². The summed E-state index contributed by atoms with van der Waals surface area (Å²) in [4.78, 5) is 7.56. The molecule has 4 rings (SSSR count). The fourth-order valence-electron chi connectivity index (χ4n) is 4.23. The van der Waals surface area contributed by atoms with Crippen LogP contribution in [0.15, 0.2) is 30.7 Å². The number of fused-ring (bicyclic) bond motifs is 1. The predicted octanol–water partition coefficient (Wildman–Crippen LogP) is 4.17. The van der Waals surface area contributed by atoms with Gasteiger partial charge in [-0.3, -0.25) is 0 Å². The Morgan fingerprint density at radius 3 is 2.47 bits per heavy atom. The molecule has 0 bridgehead atoms. The zero-order valence-corrected chi connectivity index (χ0v) is 19.5. The Labute approximate surface area is 197 Å². The van der Waals surface area contributed by atoms with Gasteiger partial charge in [-0.15, -0.1) is 0 Å². The number of hydrogen-bond donors (Lipinski definition) is 4. The van der Waals surface area contributed by atoms with Gasteiger partial charge in [0.05, 0.1) is 14.2 Å². The highest BCUT2D eigenvalue weighted by Gasteiger charge is 2.22. The van der Waals surface area contributed by atoms with Gasteiger partial charge < -0.3 is 30.5 Å². The number of pyridine rings is 1. The van der Waals surface area contributed by atoms with Gasteiger partial charge in [0.1, 0.15) is 5.65 Å². The molecule has 1 fully saturated rings. The number of aromatic amines is 1. The number of aromatic nitrogens is 2. The lowest BCUT2D eigenvalue weighted by Crippen LogP contribution is -2.37. The number of hydrogen-bond acceptors (Lipinski definition) is 6. The molecule has 1 saturated heterocycles. The first kappa shape index (κ1) is 23.7. The molecule has 0 radical (unpaired) electrons. The van der Waals surface area contributed by atoms with E-state index in [1.54, 1.807) is 19.3 Å². The molecule has 0 saturated carbocycles. The van der Waals surface area contributed by atoms with Crippen LogP contribution in [0.3, 0.4) is 0 Å². The molecule has 2 aromatic heterocycles. The molecular formula is C25H29F2N5O2. The van der Waals surface area contributed by atoms with E-state index >= 15 is 0 Å². The molecule has 3 heterocycles. The van der Waals surface area contributed by atoms with E-state index < -0.39 is 11.6 Å². The predicted molar refractivity (Wildman–Crippen MR) is 129 cm³/mol. The number of ether oxygens (including phenoxy) is 2. The summed E-state index contributed by atoms with van der Waals surface area (Å²) in [5.41, 5.74) is 3.00. The molecule has 180 valence electrons. The monoisotopic (exact) mass is 469 g/mol. The van der Waals surface area contributed by atoms with Gasteiger partial charge >= 0.3 is 0 Å². The second-order valence-corrected chi connectivity index (χ2v) is 8.37. The smallest absolute Gasteiger partial charge is 0.171 e. The maximum atomic E-state index is 14.9. The Hall–Kier alpha value is -3.46. The van der Waals surface area contributed by atoms with E-state index in [2.05, 4.69) is 20.6 Å². The van der Waals surface area contributed by atoms with Crippen molar-refractivity contribution < 1.29 is 18.3 Å². The van der Waals surface area contributed by atoms with Gasteiger partial charge in [0.25, 0.3) is 0 Å². The fourth-order valence-corrected chi connectivity index (χ4v) is 4.23. The van der Waals surface area contributed by atoms with Crippen LogP contribution in [-0.2, 0) is 6.42 Å². The summed E-state index contributed by atoms with van der Waals surface area (Å²) in [5.74, 6) is -1.69. The SMILES string of the molecule is COc1cc(OC)c(F)c(Cc2c[nH]c3ncc(/C(=C/NC4CCNCC4)C(C)=N)cc23)c1F. The molecule has 34 heavy (non-hydrogen) atoms. The third kappa shape index (κ3) is 4.75. The average molecular weight is 470 g/mol. The number of halogens is 2. The lowest BCUT2D eigenvalue weighted by molar-refractivity contribution is 0.354. The number of allylic oxidation sites excluding steroid dienone is 1. The zero-order chi connectivity index (χ0) is 24.2. The highest BCUT2D eigenvalue weighted by atomic mass is 19.1. The van der Waals surface area contributed by atoms with Gasteiger partial charge in [-0.05, 0) is 44.5 Å². The van der Waals surface area contributed by atoms with Crippen molar-refractivity contribution in [1.82, 2.24) is 20.6 Å². The van der Waals surface area contributed by atoms with Gasteiger partial charge in [-0.1, -0.05) is 0 Å². The standard InChI is InChI=1S/C25H29F2N5O2/c1-14(28)20(13-30-17-4-6-29-7-5-17)16-8-18-15(11-31-25(18)32-12-16)9-19-23(26)21(33-2)10-22(34-3)24(19)27/h8,10-13,17,28-30H,4-7,9H2,1-3H3,(H,31,32)/b20-13+,28-14?. The number of methoxy groups -OCH3 is 2. The van der Waals surface area contributed by atoms with Crippen molar-refractivity contribution in [3.63, 3.8) is 0 Å². The third-order valence-electron chi connectivity index (χ3n) is 6.17. The first-order valence-corrected chi connectivity index (χ1v) is 11.2. The minimum atomic E-state index is -0.763. The molecule has 0 atom stereocenters. The van der Waals surface area contributed by atoms with E-state index in [0.717, 1.165) is 42.5 Å². The van der Waals surface area contributed by atoms with Gasteiger partial charge in [0.15, 0.2) is 23.1 Å². The van der Waals surface area contributed by atoms with Crippen LogP contribution in [-0.4, -0.2) is 49.0 Å². The molecule has 9 heteroatoms. The van der Waals surface area contributed by atoms with E-state index in [0.29, 0.717) is 23.0 Å². The fraction of sp³-hybridized carbons (Fsp3) is 0.360. The Morgan fingerprint density at radius 1 is 1.18 bits per heavy atom. The summed E-state index contributed by atoms with van der Waals surface area (Å²) < 4.78 is 40.0. The molecule has 4 N–H and O–H groups in total. The van der Waals surface area contributed by atoms with Crippen LogP contribution in [0.4, 0.5) is 8.78 Å². The van der Waals surface area contributed by atoms with E-state index in [1.165, 1.54) is 20.3 Å². The molecule has 0 amide bonds. The maximum absolute atomic E-state index is 14.9. The second kappa shape index (κ2) is 10.2. The Kier molecular flexibility index (Phi) is 7.12. The molecular weight excluding hydrogens is 440 g/mol. The van der Waals surface area contributed by atoms with E-state index in [9.17, 15) is 8.78 Å². The molecule has 0 unspecified atom stereocenters. The van der Waals surface area contributed by atoms with Crippen LogP contribution in [0.5, 0.6) is 11.5 Å². The lowest BCUT2D eigenvalue weighted by Gasteiger charge is -2.23. The summed E-state index contributed by atoms with van der Waals surface area (Å²) in [6, 6.07) is 3.45. The Morgan fingerprint density at radius 2 is 1.85 bits per heavy atom. The van der Waals surface area contributed by atoms with Gasteiger partial charge in [-0.25, -0.2) is 13.8 Å². The number of rotatable bonds is 8. The topological polar surface area (TPSA) is 95.1 Å². The molecule has 1 aliphatic heterocycles. The van der Waals surface area contributed by atoms with Crippen LogP contribution in [0.1, 0.15) is 36.5 Å².